The number of aromatic nitrogens is 4. The summed E-state index contributed by atoms with van der Waals surface area (Å²) in [5, 5.41) is 0. The Balaban J connectivity index is 2.70. The van der Waals surface area contributed by atoms with Crippen molar-refractivity contribution in [2.45, 2.75) is 13.8 Å². The molecule has 16 heavy (non-hydrogen) atoms. The Morgan fingerprint density at radius 2 is 2.31 bits per heavy atom. The van der Waals surface area contributed by atoms with Crippen molar-refractivity contribution in [1.82, 2.24) is 19.7 Å². The van der Waals surface area contributed by atoms with E-state index in [9.17, 15) is 4.79 Å². The minimum Gasteiger partial charge on any atom is -0.411 e. The van der Waals surface area contributed by atoms with E-state index in [4.69, 9.17) is 10.6 Å². The quantitative estimate of drug-likeness (QED) is 0.766. The van der Waals surface area contributed by atoms with E-state index in [1.54, 1.807) is 6.92 Å². The van der Waals surface area contributed by atoms with Crippen LogP contribution in [0.2, 0.25) is 0 Å². The van der Waals surface area contributed by atoms with Gasteiger partial charge in [-0.3, -0.25) is 4.79 Å². The Morgan fingerprint density at radius 1 is 1.56 bits per heavy atom. The molecule has 2 heterocycles. The van der Waals surface area contributed by atoms with Crippen molar-refractivity contribution in [2.24, 2.45) is 5.73 Å². The number of fused-ring (bicyclic) bond motifs is 1. The van der Waals surface area contributed by atoms with Gasteiger partial charge in [0.15, 0.2) is 11.3 Å². The summed E-state index contributed by atoms with van der Waals surface area (Å²) in [5.41, 5.74) is 6.13. The molecule has 0 fully saturated rings. The van der Waals surface area contributed by atoms with Gasteiger partial charge in [-0.25, -0.2) is 15.0 Å². The fourth-order valence-corrected chi connectivity index (χ4v) is 1.39. The maximum Gasteiger partial charge on any atom is 0.269 e. The van der Waals surface area contributed by atoms with Crippen LogP contribution in [0.5, 0.6) is 0 Å². The van der Waals surface area contributed by atoms with Crippen LogP contribution in [-0.4, -0.2) is 32.2 Å². The maximum absolute atomic E-state index is 11.2. The van der Waals surface area contributed by atoms with Gasteiger partial charge in [-0.1, -0.05) is 0 Å². The number of imidazole rings is 1. The number of rotatable bonds is 3. The van der Waals surface area contributed by atoms with Gasteiger partial charge in [-0.05, 0) is 13.8 Å². The van der Waals surface area contributed by atoms with Crippen LogP contribution in [0, 0.1) is 6.92 Å². The molecule has 2 N–H and O–H groups in total. The predicted molar refractivity (Wildman–Crippen MR) is 55.7 cm³/mol. The van der Waals surface area contributed by atoms with E-state index in [-0.39, 0.29) is 5.69 Å². The second-order valence-electron chi connectivity index (χ2n) is 3.14. The Bertz CT molecular complexity index is 548. The standard InChI is InChI=1S/C9H11N5O2/c1-3-16-14-4-11-7-6(8(10)15)12-5(2)13-9(7)14/h4H,3H2,1-2H3,(H2,10,15). The summed E-state index contributed by atoms with van der Waals surface area (Å²) in [4.78, 5) is 28.6. The summed E-state index contributed by atoms with van der Waals surface area (Å²) in [6.45, 7) is 3.99. The molecular formula is C9H11N5O2. The van der Waals surface area contributed by atoms with Crippen LogP contribution in [0.4, 0.5) is 0 Å². The van der Waals surface area contributed by atoms with Gasteiger partial charge >= 0.3 is 0 Å². The Labute approximate surface area is 91.2 Å². The highest BCUT2D eigenvalue weighted by molar-refractivity contribution is 6.01. The summed E-state index contributed by atoms with van der Waals surface area (Å²) in [6, 6.07) is 0. The van der Waals surface area contributed by atoms with Crippen molar-refractivity contribution in [3.05, 3.63) is 17.8 Å². The van der Waals surface area contributed by atoms with Crippen molar-refractivity contribution in [2.75, 3.05) is 6.61 Å². The molecule has 0 bridgehead atoms. The van der Waals surface area contributed by atoms with Crippen LogP contribution in [0.25, 0.3) is 11.2 Å². The number of carbonyl (C=O) groups excluding carboxylic acids is 1. The molecular weight excluding hydrogens is 210 g/mol. The smallest absolute Gasteiger partial charge is 0.269 e. The Morgan fingerprint density at radius 3 is 2.94 bits per heavy atom. The molecule has 0 aromatic carbocycles. The Kier molecular flexibility index (Phi) is 2.43. The number of nitrogens with zero attached hydrogens (tertiary/aromatic N) is 4. The van der Waals surface area contributed by atoms with Crippen molar-refractivity contribution in [3.8, 4) is 0 Å². The van der Waals surface area contributed by atoms with Crippen LogP contribution >= 0.6 is 0 Å². The van der Waals surface area contributed by atoms with E-state index >= 15 is 0 Å². The molecule has 0 atom stereocenters. The van der Waals surface area contributed by atoms with Gasteiger partial charge in [0.2, 0.25) is 0 Å². The number of nitrogens with two attached hydrogens (primary N) is 1. The summed E-state index contributed by atoms with van der Waals surface area (Å²) >= 11 is 0. The highest BCUT2D eigenvalue weighted by Crippen LogP contribution is 2.12. The van der Waals surface area contributed by atoms with Gasteiger partial charge < -0.3 is 10.6 Å². The van der Waals surface area contributed by atoms with Gasteiger partial charge in [-0.15, -0.1) is 0 Å². The molecule has 0 unspecified atom stereocenters. The van der Waals surface area contributed by atoms with E-state index in [0.29, 0.717) is 23.6 Å². The lowest BCUT2D eigenvalue weighted by atomic mass is 10.3. The van der Waals surface area contributed by atoms with Crippen molar-refractivity contribution >= 4 is 17.1 Å². The third kappa shape index (κ3) is 1.56. The average molecular weight is 221 g/mol. The molecule has 0 aliphatic carbocycles. The molecule has 0 saturated carbocycles. The van der Waals surface area contributed by atoms with Gasteiger partial charge in [0.05, 0.1) is 0 Å². The fraction of sp³-hybridized carbons (Fsp3) is 0.333. The van der Waals surface area contributed by atoms with Crippen molar-refractivity contribution in [3.63, 3.8) is 0 Å². The molecule has 0 saturated heterocycles. The number of amides is 1. The minimum atomic E-state index is -0.628. The molecule has 0 radical (unpaired) electrons. The van der Waals surface area contributed by atoms with Crippen molar-refractivity contribution < 1.29 is 9.63 Å². The van der Waals surface area contributed by atoms with Gasteiger partial charge in [0, 0.05) is 0 Å². The number of carbonyl (C=O) groups is 1. The first-order valence-corrected chi connectivity index (χ1v) is 4.78. The SMILES string of the molecule is CCOn1cnc2c(C(N)=O)nc(C)nc21. The van der Waals surface area contributed by atoms with Crippen LogP contribution in [0.15, 0.2) is 6.33 Å². The van der Waals surface area contributed by atoms with Crippen molar-refractivity contribution in [1.29, 1.82) is 0 Å². The molecule has 2 aromatic rings. The molecule has 84 valence electrons. The highest BCUT2D eigenvalue weighted by atomic mass is 16.7. The van der Waals surface area contributed by atoms with E-state index in [1.807, 2.05) is 6.92 Å². The molecule has 7 heteroatoms. The predicted octanol–water partition coefficient (Wildman–Crippen LogP) is -0.318. The lowest BCUT2D eigenvalue weighted by molar-refractivity contribution is 0.0996. The lowest BCUT2D eigenvalue weighted by Gasteiger charge is -2.04. The first-order chi connectivity index (χ1) is 7.63. The van der Waals surface area contributed by atoms with Crippen LogP contribution in [0.3, 0.4) is 0 Å². The third-order valence-electron chi connectivity index (χ3n) is 1.98. The largest absolute Gasteiger partial charge is 0.411 e. The lowest BCUT2D eigenvalue weighted by Crippen LogP contribution is -2.16. The summed E-state index contributed by atoms with van der Waals surface area (Å²) in [6.07, 6.45) is 1.44. The molecule has 2 aromatic heterocycles. The van der Waals surface area contributed by atoms with Gasteiger partial charge in [0.25, 0.3) is 5.91 Å². The number of primary amides is 1. The molecule has 7 nitrogen and oxygen atoms in total. The topological polar surface area (TPSA) is 95.9 Å². The molecule has 1 amide bonds. The first kappa shape index (κ1) is 10.3. The maximum atomic E-state index is 11.2. The van der Waals surface area contributed by atoms with E-state index in [0.717, 1.165) is 0 Å². The average Bonchev–Trinajstić information content (AvgIpc) is 2.61. The number of hydrogen-bond donors (Lipinski definition) is 1. The highest BCUT2D eigenvalue weighted by Gasteiger charge is 2.15. The second kappa shape index (κ2) is 3.76. The fourth-order valence-electron chi connectivity index (χ4n) is 1.39. The normalized spacial score (nSPS) is 10.6. The van der Waals surface area contributed by atoms with E-state index < -0.39 is 5.91 Å². The number of aryl methyl sites for hydroxylation is 1. The minimum absolute atomic E-state index is 0.112. The third-order valence-corrected chi connectivity index (χ3v) is 1.98. The monoisotopic (exact) mass is 221 g/mol. The molecule has 0 aliphatic rings. The molecule has 0 spiro atoms. The van der Waals surface area contributed by atoms with Crippen LogP contribution < -0.4 is 10.6 Å². The van der Waals surface area contributed by atoms with Gasteiger partial charge in [0.1, 0.15) is 24.3 Å². The summed E-state index contributed by atoms with van der Waals surface area (Å²) < 4.78 is 1.40. The summed E-state index contributed by atoms with van der Waals surface area (Å²) in [7, 11) is 0. The molecule has 2 rings (SSSR count). The second-order valence-corrected chi connectivity index (χ2v) is 3.14. The summed E-state index contributed by atoms with van der Waals surface area (Å²) in [5.74, 6) is -0.181. The Hall–Kier alpha value is -2.18. The van der Waals surface area contributed by atoms with Crippen LogP contribution in [0.1, 0.15) is 23.2 Å². The van der Waals surface area contributed by atoms with Crippen LogP contribution in [-0.2, 0) is 0 Å². The van der Waals surface area contributed by atoms with E-state index in [1.165, 1.54) is 11.1 Å². The zero-order chi connectivity index (χ0) is 11.7. The number of hydrogen-bond acceptors (Lipinski definition) is 5. The zero-order valence-corrected chi connectivity index (χ0v) is 8.97. The zero-order valence-electron chi connectivity index (χ0n) is 8.97. The van der Waals surface area contributed by atoms with Gasteiger partial charge in [-0.2, -0.15) is 4.73 Å². The van der Waals surface area contributed by atoms with E-state index in [2.05, 4.69) is 15.0 Å². The first-order valence-electron chi connectivity index (χ1n) is 4.78. The molecule has 0 aliphatic heterocycles.